The third-order valence-electron chi connectivity index (χ3n) is 4.60. The fraction of sp³-hybridized carbons (Fsp3) is 0.435. The lowest BCUT2D eigenvalue weighted by Crippen LogP contribution is -2.41. The number of benzene rings is 1. The van der Waals surface area contributed by atoms with Crippen molar-refractivity contribution in [3.63, 3.8) is 0 Å². The molecule has 1 N–H and O–H groups in total. The Morgan fingerprint density at radius 3 is 2.59 bits per heavy atom. The number of carbonyl (C=O) groups excluding carboxylic acids is 2. The molecule has 1 atom stereocenters. The third kappa shape index (κ3) is 7.68. The Balaban J connectivity index is 2.51. The highest BCUT2D eigenvalue weighted by atomic mass is 32.1. The number of alkyl halides is 2. The van der Waals surface area contributed by atoms with Crippen LogP contribution in [0.4, 0.5) is 8.78 Å². The average Bonchev–Trinajstić information content (AvgIpc) is 3.03. The second kappa shape index (κ2) is 12.9. The van der Waals surface area contributed by atoms with Crippen LogP contribution in [-0.4, -0.2) is 42.8 Å². The number of hydrogen-bond acceptors (Lipinski definition) is 7. The van der Waals surface area contributed by atoms with E-state index in [2.05, 4.69) is 10.1 Å². The minimum atomic E-state index is -3.01. The lowest BCUT2D eigenvalue weighted by molar-refractivity contribution is -0.135. The summed E-state index contributed by atoms with van der Waals surface area (Å²) in [5, 5.41) is 2.83. The van der Waals surface area contributed by atoms with Crippen molar-refractivity contribution in [2.24, 2.45) is 0 Å². The normalized spacial score (nSPS) is 13.1. The Morgan fingerprint density at radius 2 is 1.97 bits per heavy atom. The summed E-state index contributed by atoms with van der Waals surface area (Å²) in [4.78, 5) is 37.6. The van der Waals surface area contributed by atoms with E-state index in [9.17, 15) is 23.2 Å². The number of nitrogens with zero attached hydrogens (tertiary/aromatic N) is 1. The maximum absolute atomic E-state index is 13.1. The van der Waals surface area contributed by atoms with Crippen LogP contribution in [0.5, 0.6) is 11.5 Å². The predicted molar refractivity (Wildman–Crippen MR) is 125 cm³/mol. The fourth-order valence-electron chi connectivity index (χ4n) is 3.17. The summed E-state index contributed by atoms with van der Waals surface area (Å²) in [5.41, 5.74) is -0.00149. The van der Waals surface area contributed by atoms with Crippen LogP contribution < -0.4 is 29.5 Å². The van der Waals surface area contributed by atoms with Crippen molar-refractivity contribution < 1.29 is 32.6 Å². The zero-order chi connectivity index (χ0) is 25.3. The molecule has 0 fully saturated rings. The zero-order valence-electron chi connectivity index (χ0n) is 19.4. The van der Waals surface area contributed by atoms with Crippen LogP contribution in [0.3, 0.4) is 0 Å². The van der Waals surface area contributed by atoms with Crippen molar-refractivity contribution in [3.05, 3.63) is 43.3 Å². The van der Waals surface area contributed by atoms with Crippen molar-refractivity contribution in [2.45, 2.75) is 52.8 Å². The highest BCUT2D eigenvalue weighted by molar-refractivity contribution is 7.07. The van der Waals surface area contributed by atoms with Gasteiger partial charge in [-0.3, -0.25) is 14.2 Å². The minimum absolute atomic E-state index is 0.0585. The van der Waals surface area contributed by atoms with Crippen LogP contribution in [0.25, 0.3) is 12.2 Å². The van der Waals surface area contributed by atoms with Crippen LogP contribution in [0, 0.1) is 0 Å². The second-order valence-corrected chi connectivity index (χ2v) is 8.34. The first-order valence-electron chi connectivity index (χ1n) is 10.7. The Bertz CT molecular complexity index is 1180. The van der Waals surface area contributed by atoms with E-state index < -0.39 is 18.1 Å². The van der Waals surface area contributed by atoms with Gasteiger partial charge in [0.05, 0.1) is 24.3 Å². The number of aromatic nitrogens is 1. The Kier molecular flexibility index (Phi) is 10.2. The third-order valence-corrected chi connectivity index (χ3v) is 5.66. The SMILES string of the molecule is CCCC(C)NC(=O)Cn1c(=CC(=O)OCC)sc(=Cc2ccc(OC(F)F)c(OC)c2)c1=O. The summed E-state index contributed by atoms with van der Waals surface area (Å²) in [5.74, 6) is -1.08. The van der Waals surface area contributed by atoms with Crippen LogP contribution >= 0.6 is 11.3 Å². The van der Waals surface area contributed by atoms with E-state index in [1.165, 1.54) is 36.0 Å². The molecule has 0 saturated heterocycles. The van der Waals surface area contributed by atoms with E-state index in [4.69, 9.17) is 9.47 Å². The number of thiazole rings is 1. The van der Waals surface area contributed by atoms with Crippen molar-refractivity contribution >= 4 is 35.4 Å². The van der Waals surface area contributed by atoms with Gasteiger partial charge in [-0.05, 0) is 44.0 Å². The number of halogens is 2. The minimum Gasteiger partial charge on any atom is -0.493 e. The Morgan fingerprint density at radius 1 is 1.24 bits per heavy atom. The molecule has 34 heavy (non-hydrogen) atoms. The maximum Gasteiger partial charge on any atom is 0.387 e. The number of methoxy groups -OCH3 is 1. The second-order valence-electron chi connectivity index (χ2n) is 7.28. The van der Waals surface area contributed by atoms with Gasteiger partial charge in [0.25, 0.3) is 5.56 Å². The summed E-state index contributed by atoms with van der Waals surface area (Å²) < 4.78 is 41.3. The number of hydrogen-bond donors (Lipinski definition) is 1. The highest BCUT2D eigenvalue weighted by Crippen LogP contribution is 2.29. The molecule has 0 bridgehead atoms. The number of amides is 1. The molecular weight excluding hydrogens is 470 g/mol. The van der Waals surface area contributed by atoms with Gasteiger partial charge in [-0.25, -0.2) is 4.79 Å². The Hall–Kier alpha value is -3.21. The molecule has 2 rings (SSSR count). The summed E-state index contributed by atoms with van der Waals surface area (Å²) in [6, 6.07) is 4.17. The van der Waals surface area contributed by atoms with E-state index in [1.54, 1.807) is 6.92 Å². The van der Waals surface area contributed by atoms with Crippen molar-refractivity contribution in [3.8, 4) is 11.5 Å². The van der Waals surface area contributed by atoms with E-state index >= 15 is 0 Å². The highest BCUT2D eigenvalue weighted by Gasteiger charge is 2.14. The molecule has 8 nitrogen and oxygen atoms in total. The van der Waals surface area contributed by atoms with Crippen molar-refractivity contribution in [2.75, 3.05) is 13.7 Å². The first kappa shape index (κ1) is 27.0. The van der Waals surface area contributed by atoms with E-state index in [0.717, 1.165) is 30.3 Å². The lowest BCUT2D eigenvalue weighted by atomic mass is 10.2. The first-order valence-corrected chi connectivity index (χ1v) is 11.5. The average molecular weight is 499 g/mol. The first-order chi connectivity index (χ1) is 16.2. The van der Waals surface area contributed by atoms with Gasteiger partial charge < -0.3 is 19.5 Å². The number of esters is 1. The van der Waals surface area contributed by atoms with Crippen LogP contribution in [0.15, 0.2) is 23.0 Å². The van der Waals surface area contributed by atoms with Gasteiger partial charge in [0.1, 0.15) is 11.2 Å². The standard InChI is InChI=1S/C23H28F2N2O6S/c1-5-7-14(3)26-19(28)13-27-20(12-21(29)32-6-2)34-18(22(27)30)11-15-8-9-16(33-23(24)25)17(10-15)31-4/h8-12,14,23H,5-7,13H2,1-4H3,(H,26,28). The number of nitrogens with one attached hydrogen (secondary N) is 1. The molecule has 186 valence electrons. The van der Waals surface area contributed by atoms with Gasteiger partial charge >= 0.3 is 12.6 Å². The number of ether oxygens (including phenoxy) is 3. The predicted octanol–water partition coefficient (Wildman–Crippen LogP) is 2.00. The van der Waals surface area contributed by atoms with Crippen LogP contribution in [0.1, 0.15) is 39.2 Å². The molecule has 0 saturated carbocycles. The molecule has 0 aliphatic carbocycles. The van der Waals surface area contributed by atoms with E-state index in [1.807, 2.05) is 13.8 Å². The largest absolute Gasteiger partial charge is 0.493 e. The molecule has 0 aliphatic heterocycles. The van der Waals surface area contributed by atoms with Crippen molar-refractivity contribution in [1.82, 2.24) is 9.88 Å². The smallest absolute Gasteiger partial charge is 0.387 e. The zero-order valence-corrected chi connectivity index (χ0v) is 20.2. The van der Waals surface area contributed by atoms with E-state index in [-0.39, 0.29) is 45.8 Å². The van der Waals surface area contributed by atoms with Gasteiger partial charge in [0.2, 0.25) is 5.91 Å². The molecule has 2 aromatic rings. The molecule has 1 amide bonds. The molecule has 1 unspecified atom stereocenters. The monoisotopic (exact) mass is 498 g/mol. The Labute approximate surface area is 199 Å². The molecule has 0 spiro atoms. The summed E-state index contributed by atoms with van der Waals surface area (Å²) in [7, 11) is 1.31. The summed E-state index contributed by atoms with van der Waals surface area (Å²) in [6.07, 6.45) is 4.36. The quantitative estimate of drug-likeness (QED) is 0.476. The van der Waals surface area contributed by atoms with Crippen molar-refractivity contribution in [1.29, 1.82) is 0 Å². The molecule has 1 heterocycles. The summed E-state index contributed by atoms with van der Waals surface area (Å²) in [6.45, 7) is 2.40. The van der Waals surface area contributed by atoms with Gasteiger partial charge in [0, 0.05) is 6.04 Å². The number of rotatable bonds is 11. The molecule has 11 heteroatoms. The molecule has 1 aromatic heterocycles. The molecule has 1 aromatic carbocycles. The van der Waals surface area contributed by atoms with E-state index in [0.29, 0.717) is 5.56 Å². The molecule has 0 aliphatic rings. The number of carbonyl (C=O) groups is 2. The lowest BCUT2D eigenvalue weighted by Gasteiger charge is -2.12. The van der Waals surface area contributed by atoms with Gasteiger partial charge in [-0.15, -0.1) is 11.3 Å². The molecular formula is C23H28F2N2O6S. The topological polar surface area (TPSA) is 95.9 Å². The van der Waals surface area contributed by atoms with Crippen LogP contribution in [0.2, 0.25) is 0 Å². The van der Waals surface area contributed by atoms with Gasteiger partial charge in [-0.1, -0.05) is 19.4 Å². The molecule has 0 radical (unpaired) electrons. The fourth-order valence-corrected chi connectivity index (χ4v) is 4.20. The maximum atomic E-state index is 13.1. The van der Waals surface area contributed by atoms with Gasteiger partial charge in [-0.2, -0.15) is 8.78 Å². The summed E-state index contributed by atoms with van der Waals surface area (Å²) >= 11 is 1.00. The van der Waals surface area contributed by atoms with Crippen LogP contribution in [-0.2, 0) is 20.9 Å². The van der Waals surface area contributed by atoms with Gasteiger partial charge in [0.15, 0.2) is 11.5 Å².